The molecule has 0 radical (unpaired) electrons. The summed E-state index contributed by atoms with van der Waals surface area (Å²) < 4.78 is 126. The van der Waals surface area contributed by atoms with E-state index in [0.29, 0.717) is 31.7 Å². The normalized spacial score (nSPS) is 15.4. The molecule has 1 aliphatic carbocycles. The number of halogens is 8. The first-order valence-electron chi connectivity index (χ1n) is 13.8. The van der Waals surface area contributed by atoms with E-state index >= 15 is 4.39 Å². The number of ether oxygens (including phenoxy) is 2. The maximum Gasteiger partial charge on any atom is 0.425 e. The predicted molar refractivity (Wildman–Crippen MR) is 148 cm³/mol. The first-order chi connectivity index (χ1) is 21.1. The first kappa shape index (κ1) is 33.9. The van der Waals surface area contributed by atoms with Crippen LogP contribution in [-0.2, 0) is 11.0 Å². The summed E-state index contributed by atoms with van der Waals surface area (Å²) in [5.41, 5.74) is -1.67. The van der Waals surface area contributed by atoms with Crippen molar-refractivity contribution in [1.82, 2.24) is 20.3 Å². The lowest BCUT2D eigenvalue weighted by Crippen LogP contribution is -2.37. The molecule has 3 aromatic rings. The van der Waals surface area contributed by atoms with Gasteiger partial charge in [0.2, 0.25) is 5.88 Å². The summed E-state index contributed by atoms with van der Waals surface area (Å²) in [6.07, 6.45) is -10.9. The maximum atomic E-state index is 16.4. The fraction of sp³-hybridized carbons (Fsp3) is 0.500. The number of nitrogens with one attached hydrogen (secondary N) is 2. The van der Waals surface area contributed by atoms with Gasteiger partial charge in [0, 0.05) is 18.7 Å². The molecule has 1 atom stereocenters. The molecule has 2 heterocycles. The highest BCUT2D eigenvalue weighted by molar-refractivity contribution is 5.96. The molecule has 1 aliphatic rings. The molecular weight excluding hydrogens is 620 g/mol. The number of carbonyl (C=O) groups is 1. The maximum absolute atomic E-state index is 16.4. The minimum absolute atomic E-state index is 0.0888. The fourth-order valence-electron chi connectivity index (χ4n) is 4.91. The molecule has 2 aromatic heterocycles. The van der Waals surface area contributed by atoms with Gasteiger partial charge in [-0.15, -0.1) is 0 Å². The molecule has 1 unspecified atom stereocenters. The number of likely N-dealkylation sites (N-methyl/N-ethyl adjacent to an activating group) is 1. The molecule has 1 saturated carbocycles. The molecule has 0 bridgehead atoms. The summed E-state index contributed by atoms with van der Waals surface area (Å²) in [5, 5.41) is 5.12. The number of anilines is 2. The topological polar surface area (TPSA) is 124 Å². The van der Waals surface area contributed by atoms with E-state index in [0.717, 1.165) is 20.3 Å². The zero-order chi connectivity index (χ0) is 33.3. The zero-order valence-corrected chi connectivity index (χ0v) is 24.3. The van der Waals surface area contributed by atoms with E-state index in [1.165, 1.54) is 0 Å². The number of aldehydes is 1. The lowest BCUT2D eigenvalue weighted by molar-refractivity contribution is -0.196. The molecule has 1 aromatic carbocycles. The highest BCUT2D eigenvalue weighted by Gasteiger charge is 2.43. The lowest BCUT2D eigenvalue weighted by Gasteiger charge is -2.35. The number of fused-ring (bicyclic) bond motifs is 1. The third-order valence-electron chi connectivity index (χ3n) is 7.54. The van der Waals surface area contributed by atoms with E-state index in [2.05, 4.69) is 25.6 Å². The van der Waals surface area contributed by atoms with Crippen LogP contribution in [0.3, 0.4) is 0 Å². The van der Waals surface area contributed by atoms with Crippen molar-refractivity contribution in [2.24, 2.45) is 5.41 Å². The second-order valence-corrected chi connectivity index (χ2v) is 10.7. The Morgan fingerprint density at radius 2 is 1.78 bits per heavy atom. The van der Waals surface area contributed by atoms with Crippen molar-refractivity contribution in [3.8, 4) is 23.1 Å². The number of nitrogens with zero attached hydrogens (tertiary/aromatic N) is 3. The number of pyridine rings is 1. The fourth-order valence-corrected chi connectivity index (χ4v) is 4.91. The molecule has 4 rings (SSSR count). The van der Waals surface area contributed by atoms with Crippen molar-refractivity contribution >= 4 is 28.7 Å². The van der Waals surface area contributed by atoms with Crippen LogP contribution in [0.5, 0.6) is 11.9 Å². The summed E-state index contributed by atoms with van der Waals surface area (Å²) >= 11 is 0. The van der Waals surface area contributed by atoms with Gasteiger partial charge in [0.05, 0.1) is 16.7 Å². The quantitative estimate of drug-likeness (QED) is 0.0941. The van der Waals surface area contributed by atoms with Gasteiger partial charge in [-0.2, -0.15) is 36.3 Å². The molecule has 0 saturated heterocycles. The molecule has 246 valence electrons. The molecule has 0 amide bonds. The molecule has 0 aliphatic heterocycles. The van der Waals surface area contributed by atoms with Crippen molar-refractivity contribution in [3.05, 3.63) is 28.8 Å². The highest BCUT2D eigenvalue weighted by atomic mass is 19.4. The molecule has 17 heteroatoms. The monoisotopic (exact) mass is 650 g/mol. The van der Waals surface area contributed by atoms with E-state index in [4.69, 9.17) is 15.2 Å². The minimum atomic E-state index is -5.26. The van der Waals surface area contributed by atoms with Crippen LogP contribution >= 0.6 is 0 Å². The number of nitrogen functional groups attached to an aromatic ring is 1. The Bertz CT molecular complexity index is 1580. The molecule has 0 spiro atoms. The Morgan fingerprint density at radius 3 is 2.31 bits per heavy atom. The van der Waals surface area contributed by atoms with Crippen LogP contribution in [0.4, 0.5) is 46.6 Å². The Morgan fingerprint density at radius 1 is 1.09 bits per heavy atom. The Hall–Kier alpha value is -4.02. The summed E-state index contributed by atoms with van der Waals surface area (Å²) in [6, 6.07) is -0.0270. The van der Waals surface area contributed by atoms with Gasteiger partial charge in [0.15, 0.2) is 11.9 Å². The van der Waals surface area contributed by atoms with Gasteiger partial charge in [-0.1, -0.05) is 13.3 Å². The van der Waals surface area contributed by atoms with Gasteiger partial charge in [0.1, 0.15) is 41.1 Å². The summed E-state index contributed by atoms with van der Waals surface area (Å²) in [4.78, 5) is 23.6. The number of hydrogen-bond acceptors (Lipinski definition) is 9. The van der Waals surface area contributed by atoms with Gasteiger partial charge in [-0.25, -0.2) is 13.8 Å². The van der Waals surface area contributed by atoms with Crippen molar-refractivity contribution in [1.29, 1.82) is 0 Å². The Kier molecular flexibility index (Phi) is 9.61. The highest BCUT2D eigenvalue weighted by Crippen LogP contribution is 2.45. The number of alkyl halides is 6. The number of nitrogens with two attached hydrogens (primary N) is 1. The smallest absolute Gasteiger partial charge is 0.425 e. The van der Waals surface area contributed by atoms with Crippen LogP contribution in [0.15, 0.2) is 6.07 Å². The lowest BCUT2D eigenvalue weighted by atomic mass is 9.71. The van der Waals surface area contributed by atoms with Crippen LogP contribution in [0, 0.1) is 24.0 Å². The van der Waals surface area contributed by atoms with E-state index in [-0.39, 0.29) is 19.0 Å². The van der Waals surface area contributed by atoms with E-state index in [1.54, 1.807) is 7.05 Å². The number of rotatable bonds is 12. The third kappa shape index (κ3) is 6.82. The van der Waals surface area contributed by atoms with Gasteiger partial charge in [0.25, 0.3) is 0 Å². The van der Waals surface area contributed by atoms with Crippen LogP contribution in [0.1, 0.15) is 43.7 Å². The van der Waals surface area contributed by atoms with E-state index in [9.17, 15) is 35.5 Å². The van der Waals surface area contributed by atoms with Crippen LogP contribution in [0.2, 0.25) is 0 Å². The standard InChI is InChI=1S/C28H30F8N6O3/c1-4-16(27(31,32)33)45-24-17-22(20(30)21(40-24)14-10-15(37)19(29)13(2)18(14)28(34,35)36)41-25(42-23(17)39-9-8-38-3)44-12-26(11-43)6-5-7-26/h10-11,16,38H,4-9,12,37H2,1-3H3,(H,39,41,42). The van der Waals surface area contributed by atoms with Crippen LogP contribution in [0.25, 0.3) is 22.2 Å². The van der Waals surface area contributed by atoms with Gasteiger partial charge in [-0.3, -0.25) is 0 Å². The number of hydrogen-bond donors (Lipinski definition) is 3. The van der Waals surface area contributed by atoms with E-state index < -0.39 is 92.8 Å². The molecule has 45 heavy (non-hydrogen) atoms. The summed E-state index contributed by atoms with van der Waals surface area (Å²) in [7, 11) is 1.61. The minimum Gasteiger partial charge on any atom is -0.464 e. The molecule has 4 N–H and O–H groups in total. The zero-order valence-electron chi connectivity index (χ0n) is 24.3. The Balaban J connectivity index is 2.05. The first-order valence-corrected chi connectivity index (χ1v) is 13.8. The molecular formula is C28H30F8N6O3. The van der Waals surface area contributed by atoms with Gasteiger partial charge >= 0.3 is 18.4 Å². The number of carbonyl (C=O) groups excluding carboxylic acids is 1. The van der Waals surface area contributed by atoms with Crippen molar-refractivity contribution < 1.29 is 49.4 Å². The van der Waals surface area contributed by atoms with Crippen molar-refractivity contribution in [3.63, 3.8) is 0 Å². The van der Waals surface area contributed by atoms with Gasteiger partial charge in [-0.05, 0) is 44.9 Å². The van der Waals surface area contributed by atoms with Gasteiger partial charge < -0.3 is 30.6 Å². The van der Waals surface area contributed by atoms with Crippen molar-refractivity contribution in [2.75, 3.05) is 37.8 Å². The summed E-state index contributed by atoms with van der Waals surface area (Å²) in [6.45, 7) is 2.09. The second kappa shape index (κ2) is 12.8. The molecule has 1 fully saturated rings. The average molecular weight is 651 g/mol. The largest absolute Gasteiger partial charge is 0.464 e. The number of aromatic nitrogens is 3. The Labute approximate surface area is 251 Å². The third-order valence-corrected chi connectivity index (χ3v) is 7.54. The number of benzene rings is 1. The molecule has 9 nitrogen and oxygen atoms in total. The SMILES string of the molecule is CCC(Oc1nc(-c2cc(N)c(F)c(C)c2C(F)(F)F)c(F)c2nc(OCC3(C=O)CCC3)nc(NCCNC)c12)C(F)(F)F. The van der Waals surface area contributed by atoms with Crippen molar-refractivity contribution in [2.45, 2.75) is 58.0 Å². The predicted octanol–water partition coefficient (Wildman–Crippen LogP) is 5.98. The summed E-state index contributed by atoms with van der Waals surface area (Å²) in [5.74, 6) is -4.18. The average Bonchev–Trinajstić information content (AvgIpc) is 2.93. The second-order valence-electron chi connectivity index (χ2n) is 10.7. The van der Waals surface area contributed by atoms with Crippen LogP contribution < -0.4 is 25.8 Å². The van der Waals surface area contributed by atoms with Crippen LogP contribution in [-0.4, -0.2) is 60.3 Å². The van der Waals surface area contributed by atoms with E-state index in [1.807, 2.05) is 0 Å².